The van der Waals surface area contributed by atoms with Gasteiger partial charge in [-0.3, -0.25) is 4.79 Å². The lowest BCUT2D eigenvalue weighted by Crippen LogP contribution is -2.41. The molecular weight excluding hydrogens is 296 g/mol. The van der Waals surface area contributed by atoms with Crippen molar-refractivity contribution in [1.82, 2.24) is 19.5 Å². The summed E-state index contributed by atoms with van der Waals surface area (Å²) < 4.78 is 34.0. The number of methoxy groups -OCH3 is 1. The van der Waals surface area contributed by atoms with Gasteiger partial charge in [0.1, 0.15) is 12.2 Å². The van der Waals surface area contributed by atoms with E-state index in [9.17, 15) is 13.2 Å². The minimum atomic E-state index is -3.64. The number of ether oxygens (including phenoxy) is 1. The normalized spacial score (nSPS) is 24.0. The van der Waals surface area contributed by atoms with Crippen LogP contribution in [0.5, 0.6) is 0 Å². The molecule has 0 aliphatic heterocycles. The van der Waals surface area contributed by atoms with Gasteiger partial charge in [-0.25, -0.2) is 13.1 Å². The van der Waals surface area contributed by atoms with Crippen LogP contribution in [-0.2, 0) is 26.6 Å². The van der Waals surface area contributed by atoms with Gasteiger partial charge in [-0.2, -0.15) is 0 Å². The highest BCUT2D eigenvalue weighted by atomic mass is 32.2. The zero-order valence-corrected chi connectivity index (χ0v) is 13.1. The van der Waals surface area contributed by atoms with E-state index >= 15 is 0 Å². The Morgan fingerprint density at radius 1 is 1.52 bits per heavy atom. The van der Waals surface area contributed by atoms with Crippen molar-refractivity contribution >= 4 is 16.0 Å². The number of sulfonamides is 1. The fourth-order valence-electron chi connectivity index (χ4n) is 2.79. The lowest BCUT2D eigenvalue weighted by molar-refractivity contribution is -0.145. The van der Waals surface area contributed by atoms with E-state index in [2.05, 4.69) is 14.9 Å². The van der Waals surface area contributed by atoms with Crippen molar-refractivity contribution in [3.8, 4) is 0 Å². The highest BCUT2D eigenvalue weighted by Crippen LogP contribution is 2.32. The zero-order valence-electron chi connectivity index (χ0n) is 12.3. The number of carbonyl (C=O) groups is 1. The number of nitrogens with one attached hydrogen (secondary N) is 1. The van der Waals surface area contributed by atoms with Crippen molar-refractivity contribution in [3.63, 3.8) is 0 Å². The molecule has 1 aromatic rings. The second-order valence-electron chi connectivity index (χ2n) is 5.28. The molecule has 1 aliphatic carbocycles. The Labute approximate surface area is 123 Å². The molecule has 1 aromatic heterocycles. The lowest BCUT2D eigenvalue weighted by atomic mass is 10.1. The molecule has 0 aromatic carbocycles. The van der Waals surface area contributed by atoms with Gasteiger partial charge in [0.05, 0.1) is 24.3 Å². The van der Waals surface area contributed by atoms with Gasteiger partial charge >= 0.3 is 5.97 Å². The highest BCUT2D eigenvalue weighted by Gasteiger charge is 2.42. The summed E-state index contributed by atoms with van der Waals surface area (Å²) in [5, 5.41) is 6.87. The van der Waals surface area contributed by atoms with E-state index in [1.54, 1.807) is 18.5 Å². The molecule has 21 heavy (non-hydrogen) atoms. The van der Waals surface area contributed by atoms with E-state index in [1.807, 2.05) is 0 Å². The van der Waals surface area contributed by atoms with Gasteiger partial charge in [-0.05, 0) is 19.8 Å². The monoisotopic (exact) mass is 316 g/mol. The molecule has 1 heterocycles. The Kier molecular flexibility index (Phi) is 4.62. The number of aromatic nitrogens is 3. The van der Waals surface area contributed by atoms with Gasteiger partial charge in [-0.1, -0.05) is 6.42 Å². The number of esters is 1. The molecule has 3 atom stereocenters. The fraction of sp³-hybridized carbons (Fsp3) is 0.750. The quantitative estimate of drug-likeness (QED) is 0.775. The molecule has 8 nitrogen and oxygen atoms in total. The van der Waals surface area contributed by atoms with Gasteiger partial charge in [0.25, 0.3) is 0 Å². The van der Waals surface area contributed by atoms with Crippen molar-refractivity contribution < 1.29 is 17.9 Å². The first kappa shape index (κ1) is 15.9. The molecule has 1 N–H and O–H groups in total. The van der Waals surface area contributed by atoms with Crippen LogP contribution in [0.15, 0.2) is 6.33 Å². The predicted molar refractivity (Wildman–Crippen MR) is 74.6 cm³/mol. The van der Waals surface area contributed by atoms with Gasteiger partial charge in [0.15, 0.2) is 0 Å². The van der Waals surface area contributed by atoms with Crippen LogP contribution in [-0.4, -0.2) is 41.5 Å². The molecule has 2 rings (SSSR count). The van der Waals surface area contributed by atoms with E-state index in [0.29, 0.717) is 25.1 Å². The van der Waals surface area contributed by atoms with Gasteiger partial charge < -0.3 is 9.30 Å². The van der Waals surface area contributed by atoms with E-state index in [0.717, 1.165) is 0 Å². The Bertz CT molecular complexity index is 613. The molecule has 3 unspecified atom stereocenters. The van der Waals surface area contributed by atoms with E-state index < -0.39 is 33.2 Å². The summed E-state index contributed by atoms with van der Waals surface area (Å²) in [7, 11) is -0.618. The van der Waals surface area contributed by atoms with Crippen molar-refractivity contribution in [1.29, 1.82) is 0 Å². The summed E-state index contributed by atoms with van der Waals surface area (Å²) in [6, 6.07) is -0.513. The predicted octanol–water partition coefficient (Wildman–Crippen LogP) is 0.137. The standard InChI is InChI=1S/C12H20N4O4S/c1-8(11-14-13-7-16(11)2)15-21(18,19)10-6-4-5-9(10)12(17)20-3/h7-10,15H,4-6H2,1-3H3. The number of rotatable bonds is 5. The third-order valence-corrected chi connectivity index (χ3v) is 5.87. The van der Waals surface area contributed by atoms with Crippen LogP contribution in [0.25, 0.3) is 0 Å². The van der Waals surface area contributed by atoms with E-state index in [4.69, 9.17) is 4.74 Å². The van der Waals surface area contributed by atoms with Crippen molar-refractivity contribution in [3.05, 3.63) is 12.2 Å². The zero-order chi connectivity index (χ0) is 15.6. The maximum Gasteiger partial charge on any atom is 0.310 e. The largest absolute Gasteiger partial charge is 0.469 e. The second kappa shape index (κ2) is 6.10. The van der Waals surface area contributed by atoms with Crippen LogP contribution >= 0.6 is 0 Å². The molecule has 0 radical (unpaired) electrons. The van der Waals surface area contributed by atoms with Gasteiger partial charge in [0.2, 0.25) is 10.0 Å². The van der Waals surface area contributed by atoms with Crippen LogP contribution in [0, 0.1) is 5.92 Å². The average molecular weight is 316 g/mol. The molecule has 1 aliphatic rings. The number of nitrogens with zero attached hydrogens (tertiary/aromatic N) is 3. The second-order valence-corrected chi connectivity index (χ2v) is 7.21. The number of hydrogen-bond acceptors (Lipinski definition) is 6. The van der Waals surface area contributed by atoms with E-state index in [1.165, 1.54) is 13.4 Å². The summed E-state index contributed by atoms with van der Waals surface area (Å²) in [6.07, 6.45) is 3.20. The van der Waals surface area contributed by atoms with E-state index in [-0.39, 0.29) is 0 Å². The molecule has 118 valence electrons. The summed E-state index contributed by atoms with van der Waals surface area (Å²) in [6.45, 7) is 1.70. The van der Waals surface area contributed by atoms with Crippen LogP contribution in [0.4, 0.5) is 0 Å². The van der Waals surface area contributed by atoms with Crippen LogP contribution in [0.1, 0.15) is 38.1 Å². The van der Waals surface area contributed by atoms with Crippen molar-refractivity contribution in [2.45, 2.75) is 37.5 Å². The Hall–Kier alpha value is -1.48. The van der Waals surface area contributed by atoms with Crippen LogP contribution in [0.3, 0.4) is 0 Å². The van der Waals surface area contributed by atoms with Crippen LogP contribution < -0.4 is 4.72 Å². The molecule has 1 fully saturated rings. The number of carbonyl (C=O) groups excluding carboxylic acids is 1. The maximum absolute atomic E-state index is 12.5. The van der Waals surface area contributed by atoms with Crippen molar-refractivity contribution in [2.75, 3.05) is 7.11 Å². The molecule has 0 spiro atoms. The summed E-state index contributed by atoms with van der Waals surface area (Å²) in [5.74, 6) is -0.542. The minimum absolute atomic E-state index is 0.459. The lowest BCUT2D eigenvalue weighted by Gasteiger charge is -2.21. The van der Waals surface area contributed by atoms with Crippen LogP contribution in [0.2, 0.25) is 0 Å². The molecule has 0 amide bonds. The third-order valence-electron chi connectivity index (χ3n) is 3.83. The number of aryl methyl sites for hydroxylation is 1. The molecule has 0 saturated heterocycles. The Morgan fingerprint density at radius 3 is 2.81 bits per heavy atom. The fourth-order valence-corrected chi connectivity index (χ4v) is 4.72. The highest BCUT2D eigenvalue weighted by molar-refractivity contribution is 7.90. The molecule has 9 heteroatoms. The maximum atomic E-state index is 12.5. The topological polar surface area (TPSA) is 103 Å². The SMILES string of the molecule is COC(=O)C1CCCC1S(=O)(=O)NC(C)c1nncn1C. The summed E-state index contributed by atoms with van der Waals surface area (Å²) >= 11 is 0. The Morgan fingerprint density at radius 2 is 2.24 bits per heavy atom. The molecule has 0 bridgehead atoms. The number of hydrogen-bond donors (Lipinski definition) is 1. The first-order valence-electron chi connectivity index (χ1n) is 6.79. The summed E-state index contributed by atoms with van der Waals surface area (Å²) in [4.78, 5) is 11.7. The molecular formula is C12H20N4O4S. The first-order chi connectivity index (χ1) is 9.86. The Balaban J connectivity index is 2.15. The minimum Gasteiger partial charge on any atom is -0.469 e. The molecule has 1 saturated carbocycles. The van der Waals surface area contributed by atoms with Gasteiger partial charge in [0, 0.05) is 7.05 Å². The van der Waals surface area contributed by atoms with Gasteiger partial charge in [-0.15, -0.1) is 10.2 Å². The summed E-state index contributed by atoms with van der Waals surface area (Å²) in [5.41, 5.74) is 0. The average Bonchev–Trinajstić information content (AvgIpc) is 3.05. The van der Waals surface area contributed by atoms with Crippen molar-refractivity contribution in [2.24, 2.45) is 13.0 Å². The smallest absolute Gasteiger partial charge is 0.310 e. The third kappa shape index (κ3) is 3.24. The first-order valence-corrected chi connectivity index (χ1v) is 8.34.